The van der Waals surface area contributed by atoms with E-state index in [4.69, 9.17) is 5.84 Å². The predicted octanol–water partition coefficient (Wildman–Crippen LogP) is 1.93. The highest BCUT2D eigenvalue weighted by molar-refractivity contribution is 5.53. The van der Waals surface area contributed by atoms with Gasteiger partial charge in [-0.1, -0.05) is 13.8 Å². The summed E-state index contributed by atoms with van der Waals surface area (Å²) in [6.45, 7) is 12.0. The molecule has 0 atom stereocenters. The number of nitrogen functional groups attached to an aromatic ring is 1. The maximum Gasteiger partial charge on any atom is 0.141 e. The van der Waals surface area contributed by atoms with Gasteiger partial charge in [0.2, 0.25) is 0 Å². The summed E-state index contributed by atoms with van der Waals surface area (Å²) < 4.78 is 0. The minimum atomic E-state index is 0.708. The highest BCUT2D eigenvalue weighted by atomic mass is 15.3. The van der Waals surface area contributed by atoms with Crippen molar-refractivity contribution in [3.8, 4) is 0 Å². The molecule has 0 saturated carbocycles. The van der Waals surface area contributed by atoms with E-state index in [0.717, 1.165) is 32.7 Å². The van der Waals surface area contributed by atoms with Crippen LogP contribution in [0.5, 0.6) is 0 Å². The van der Waals surface area contributed by atoms with Crippen LogP contribution in [0.3, 0.4) is 0 Å². The molecule has 0 aliphatic carbocycles. The molecule has 0 saturated heterocycles. The molecule has 1 heterocycles. The van der Waals surface area contributed by atoms with E-state index in [-0.39, 0.29) is 0 Å². The number of nitrogens with one attached hydrogen (secondary N) is 1. The molecule has 5 nitrogen and oxygen atoms in total. The standard InChI is InChI=1S/C14H27N5/c1-4-18(5-2)10-7-11-19(6-3)13-8-9-16-14(12-13)17-15/h8-9,12H,4-7,10-11,15H2,1-3H3,(H,16,17). The van der Waals surface area contributed by atoms with Gasteiger partial charge in [0.15, 0.2) is 0 Å². The molecule has 5 heteroatoms. The van der Waals surface area contributed by atoms with Crippen molar-refractivity contribution < 1.29 is 0 Å². The van der Waals surface area contributed by atoms with E-state index in [1.54, 1.807) is 6.20 Å². The number of hydrazine groups is 1. The topological polar surface area (TPSA) is 57.4 Å². The van der Waals surface area contributed by atoms with Gasteiger partial charge in [-0.2, -0.15) is 0 Å². The molecule has 1 aromatic rings. The average Bonchev–Trinajstić information content (AvgIpc) is 2.47. The first-order valence-corrected chi connectivity index (χ1v) is 7.15. The molecule has 0 unspecified atom stereocenters. The fraction of sp³-hybridized carbons (Fsp3) is 0.643. The lowest BCUT2D eigenvalue weighted by atomic mass is 10.3. The van der Waals surface area contributed by atoms with Gasteiger partial charge in [0.1, 0.15) is 5.82 Å². The van der Waals surface area contributed by atoms with Crippen LogP contribution in [0.15, 0.2) is 18.3 Å². The van der Waals surface area contributed by atoms with Crippen LogP contribution in [0, 0.1) is 0 Å². The highest BCUT2D eigenvalue weighted by Gasteiger charge is 2.06. The monoisotopic (exact) mass is 265 g/mol. The summed E-state index contributed by atoms with van der Waals surface area (Å²) >= 11 is 0. The summed E-state index contributed by atoms with van der Waals surface area (Å²) in [6, 6.07) is 4.02. The average molecular weight is 265 g/mol. The summed E-state index contributed by atoms with van der Waals surface area (Å²) in [7, 11) is 0. The van der Waals surface area contributed by atoms with Crippen molar-refractivity contribution in [2.24, 2.45) is 5.84 Å². The molecule has 0 bridgehead atoms. The Balaban J connectivity index is 2.52. The van der Waals surface area contributed by atoms with Crippen LogP contribution in [-0.4, -0.2) is 42.6 Å². The molecule has 1 rings (SSSR count). The van der Waals surface area contributed by atoms with Gasteiger partial charge in [-0.3, -0.25) is 0 Å². The van der Waals surface area contributed by atoms with Gasteiger partial charge in [-0.05, 0) is 39.0 Å². The zero-order valence-electron chi connectivity index (χ0n) is 12.4. The number of aromatic nitrogens is 1. The summed E-state index contributed by atoms with van der Waals surface area (Å²) in [5, 5.41) is 0. The van der Waals surface area contributed by atoms with E-state index < -0.39 is 0 Å². The van der Waals surface area contributed by atoms with Gasteiger partial charge < -0.3 is 15.2 Å². The van der Waals surface area contributed by atoms with E-state index in [1.807, 2.05) is 12.1 Å². The van der Waals surface area contributed by atoms with Gasteiger partial charge in [0.05, 0.1) is 0 Å². The summed E-state index contributed by atoms with van der Waals surface area (Å²) in [6.07, 6.45) is 2.96. The van der Waals surface area contributed by atoms with Crippen molar-refractivity contribution in [1.82, 2.24) is 9.88 Å². The zero-order valence-corrected chi connectivity index (χ0v) is 12.4. The molecule has 19 heavy (non-hydrogen) atoms. The van der Waals surface area contributed by atoms with Crippen LogP contribution in [0.2, 0.25) is 0 Å². The number of hydrogen-bond acceptors (Lipinski definition) is 5. The van der Waals surface area contributed by atoms with Gasteiger partial charge in [-0.15, -0.1) is 0 Å². The minimum absolute atomic E-state index is 0.708. The van der Waals surface area contributed by atoms with Crippen molar-refractivity contribution in [3.63, 3.8) is 0 Å². The van der Waals surface area contributed by atoms with Crippen LogP contribution in [0.1, 0.15) is 27.2 Å². The molecule has 108 valence electrons. The molecule has 0 radical (unpaired) electrons. The Morgan fingerprint density at radius 3 is 2.47 bits per heavy atom. The van der Waals surface area contributed by atoms with Gasteiger partial charge in [0, 0.05) is 31.0 Å². The summed E-state index contributed by atoms with van der Waals surface area (Å²) in [5.74, 6) is 6.11. The Labute approximate surface area is 116 Å². The minimum Gasteiger partial charge on any atom is -0.372 e. The first kappa shape index (κ1) is 15.7. The van der Waals surface area contributed by atoms with Crippen molar-refractivity contribution >= 4 is 11.5 Å². The second kappa shape index (κ2) is 8.72. The molecule has 0 spiro atoms. The lowest BCUT2D eigenvalue weighted by Gasteiger charge is -2.25. The predicted molar refractivity (Wildman–Crippen MR) is 82.3 cm³/mol. The second-order valence-electron chi connectivity index (χ2n) is 4.50. The number of anilines is 2. The van der Waals surface area contributed by atoms with Crippen LogP contribution < -0.4 is 16.2 Å². The second-order valence-corrected chi connectivity index (χ2v) is 4.50. The van der Waals surface area contributed by atoms with E-state index in [9.17, 15) is 0 Å². The quantitative estimate of drug-likeness (QED) is 0.528. The molecule has 0 aromatic carbocycles. The number of nitrogens with two attached hydrogens (primary N) is 1. The third-order valence-electron chi connectivity index (χ3n) is 3.44. The highest BCUT2D eigenvalue weighted by Crippen LogP contribution is 2.16. The van der Waals surface area contributed by atoms with E-state index >= 15 is 0 Å². The normalized spacial score (nSPS) is 10.8. The molecule has 0 aliphatic rings. The van der Waals surface area contributed by atoms with Crippen LogP contribution >= 0.6 is 0 Å². The number of hydrogen-bond donors (Lipinski definition) is 2. The lowest BCUT2D eigenvalue weighted by Crippen LogP contribution is -2.30. The van der Waals surface area contributed by atoms with E-state index in [0.29, 0.717) is 5.82 Å². The van der Waals surface area contributed by atoms with Crippen LogP contribution in [0.4, 0.5) is 11.5 Å². The Morgan fingerprint density at radius 1 is 1.16 bits per heavy atom. The molecule has 3 N–H and O–H groups in total. The first-order valence-electron chi connectivity index (χ1n) is 7.15. The summed E-state index contributed by atoms with van der Waals surface area (Å²) in [5.41, 5.74) is 3.76. The van der Waals surface area contributed by atoms with E-state index in [2.05, 4.69) is 41.0 Å². The van der Waals surface area contributed by atoms with Crippen LogP contribution in [0.25, 0.3) is 0 Å². The Bertz CT molecular complexity index is 351. The van der Waals surface area contributed by atoms with Crippen LogP contribution in [-0.2, 0) is 0 Å². The third-order valence-corrected chi connectivity index (χ3v) is 3.44. The number of pyridine rings is 1. The van der Waals surface area contributed by atoms with Gasteiger partial charge in [0.25, 0.3) is 0 Å². The molecule has 0 amide bonds. The Hall–Kier alpha value is -1.33. The third kappa shape index (κ3) is 5.04. The van der Waals surface area contributed by atoms with Gasteiger partial charge >= 0.3 is 0 Å². The molecule has 1 aromatic heterocycles. The fourth-order valence-corrected chi connectivity index (χ4v) is 2.19. The van der Waals surface area contributed by atoms with Gasteiger partial charge in [-0.25, -0.2) is 10.8 Å². The SMILES string of the molecule is CCN(CC)CCCN(CC)c1ccnc(NN)c1. The molecule has 0 fully saturated rings. The van der Waals surface area contributed by atoms with Crippen molar-refractivity contribution in [1.29, 1.82) is 0 Å². The smallest absolute Gasteiger partial charge is 0.141 e. The fourth-order valence-electron chi connectivity index (χ4n) is 2.19. The zero-order chi connectivity index (χ0) is 14.1. The van der Waals surface area contributed by atoms with Crippen molar-refractivity contribution in [2.75, 3.05) is 43.0 Å². The maximum atomic E-state index is 5.40. The van der Waals surface area contributed by atoms with E-state index in [1.165, 1.54) is 12.1 Å². The largest absolute Gasteiger partial charge is 0.372 e. The Morgan fingerprint density at radius 2 is 1.89 bits per heavy atom. The number of rotatable bonds is 9. The molecular weight excluding hydrogens is 238 g/mol. The van der Waals surface area contributed by atoms with Crippen molar-refractivity contribution in [3.05, 3.63) is 18.3 Å². The van der Waals surface area contributed by atoms with Crippen molar-refractivity contribution in [2.45, 2.75) is 27.2 Å². The lowest BCUT2D eigenvalue weighted by molar-refractivity contribution is 0.301. The number of nitrogens with zero attached hydrogens (tertiary/aromatic N) is 3. The Kier molecular flexibility index (Phi) is 7.22. The summed E-state index contributed by atoms with van der Waals surface area (Å²) in [4.78, 5) is 8.94. The maximum absolute atomic E-state index is 5.40. The molecule has 0 aliphatic heterocycles. The molecular formula is C14H27N5. The first-order chi connectivity index (χ1) is 9.24.